The Kier molecular flexibility index (Phi) is 10.2. The van der Waals surface area contributed by atoms with Crippen molar-refractivity contribution < 1.29 is 28.5 Å². The minimum atomic E-state index is -0.430. The first-order valence-electron chi connectivity index (χ1n) is 9.86. The molecule has 0 aliphatic carbocycles. The number of hydrogen-bond donors (Lipinski definition) is 2. The third-order valence-electron chi connectivity index (χ3n) is 3.92. The highest BCUT2D eigenvalue weighted by Gasteiger charge is 2.09. The van der Waals surface area contributed by atoms with Gasteiger partial charge >= 0.3 is 0 Å². The molecular weight excluding hydrogens is 388 g/mol. The maximum atomic E-state index is 12.2. The van der Waals surface area contributed by atoms with Gasteiger partial charge in [0.05, 0.1) is 13.2 Å². The number of rotatable bonds is 12. The third kappa shape index (κ3) is 8.10. The van der Waals surface area contributed by atoms with Gasteiger partial charge in [0.2, 0.25) is 0 Å². The molecule has 30 heavy (non-hydrogen) atoms. The van der Waals surface area contributed by atoms with Crippen LogP contribution in [0, 0.1) is 0 Å². The highest BCUT2D eigenvalue weighted by molar-refractivity contribution is 5.99. The SMILES string of the molecule is CCOCCOc1ccc(C(=O)NNC(=O)c2ccc(OCCOCC)cc2)cc1. The number of hydrazine groups is 1. The summed E-state index contributed by atoms with van der Waals surface area (Å²) in [7, 11) is 0. The molecule has 0 fully saturated rings. The molecule has 2 rings (SSSR count). The topological polar surface area (TPSA) is 95.1 Å². The number of amides is 2. The predicted octanol–water partition coefficient (Wildman–Crippen LogP) is 2.59. The normalized spacial score (nSPS) is 10.3. The highest BCUT2D eigenvalue weighted by atomic mass is 16.5. The van der Waals surface area contributed by atoms with E-state index in [0.717, 1.165) is 0 Å². The molecule has 0 radical (unpaired) electrons. The van der Waals surface area contributed by atoms with Gasteiger partial charge in [-0.2, -0.15) is 0 Å². The lowest BCUT2D eigenvalue weighted by atomic mass is 10.2. The van der Waals surface area contributed by atoms with E-state index in [-0.39, 0.29) is 0 Å². The van der Waals surface area contributed by atoms with Gasteiger partial charge in [0, 0.05) is 24.3 Å². The van der Waals surface area contributed by atoms with Crippen LogP contribution in [0.15, 0.2) is 48.5 Å². The van der Waals surface area contributed by atoms with E-state index in [1.165, 1.54) is 0 Å². The molecule has 0 unspecified atom stereocenters. The van der Waals surface area contributed by atoms with Gasteiger partial charge in [0.1, 0.15) is 24.7 Å². The summed E-state index contributed by atoms with van der Waals surface area (Å²) in [4.78, 5) is 24.4. The van der Waals surface area contributed by atoms with E-state index >= 15 is 0 Å². The van der Waals surface area contributed by atoms with Crippen LogP contribution in [0.2, 0.25) is 0 Å². The Balaban J connectivity index is 1.76. The summed E-state index contributed by atoms with van der Waals surface area (Å²) >= 11 is 0. The molecule has 8 heteroatoms. The average molecular weight is 416 g/mol. The van der Waals surface area contributed by atoms with Crippen molar-refractivity contribution in [3.63, 3.8) is 0 Å². The molecule has 0 aliphatic rings. The van der Waals surface area contributed by atoms with Crippen molar-refractivity contribution in [3.8, 4) is 11.5 Å². The first-order valence-corrected chi connectivity index (χ1v) is 9.86. The van der Waals surface area contributed by atoms with Crippen LogP contribution in [0.25, 0.3) is 0 Å². The van der Waals surface area contributed by atoms with Crippen LogP contribution >= 0.6 is 0 Å². The second kappa shape index (κ2) is 13.2. The van der Waals surface area contributed by atoms with E-state index in [1.54, 1.807) is 48.5 Å². The summed E-state index contributed by atoms with van der Waals surface area (Å²) in [5.41, 5.74) is 5.57. The number of carbonyl (C=O) groups is 2. The van der Waals surface area contributed by atoms with Crippen LogP contribution in [0.4, 0.5) is 0 Å². The summed E-state index contributed by atoms with van der Waals surface area (Å²) in [6, 6.07) is 13.2. The molecule has 2 aromatic rings. The van der Waals surface area contributed by atoms with E-state index in [2.05, 4.69) is 10.9 Å². The highest BCUT2D eigenvalue weighted by Crippen LogP contribution is 2.13. The molecule has 2 N–H and O–H groups in total. The van der Waals surface area contributed by atoms with E-state index in [0.29, 0.717) is 62.3 Å². The van der Waals surface area contributed by atoms with Gasteiger partial charge in [0.15, 0.2) is 0 Å². The molecular formula is C22H28N2O6. The number of nitrogens with one attached hydrogen (secondary N) is 2. The lowest BCUT2D eigenvalue weighted by Gasteiger charge is -2.10. The molecule has 0 saturated carbocycles. The fraction of sp³-hybridized carbons (Fsp3) is 0.364. The Morgan fingerprint density at radius 2 is 1.00 bits per heavy atom. The minimum absolute atomic E-state index is 0.394. The Morgan fingerprint density at radius 3 is 1.33 bits per heavy atom. The first kappa shape index (κ1) is 23.2. The molecule has 0 heterocycles. The van der Waals surface area contributed by atoms with E-state index in [4.69, 9.17) is 18.9 Å². The van der Waals surface area contributed by atoms with Crippen molar-refractivity contribution in [2.45, 2.75) is 13.8 Å². The second-order valence-electron chi connectivity index (χ2n) is 6.05. The third-order valence-corrected chi connectivity index (χ3v) is 3.92. The summed E-state index contributed by atoms with van der Waals surface area (Å²) < 4.78 is 21.4. The molecule has 0 bridgehead atoms. The van der Waals surface area contributed by atoms with Crippen molar-refractivity contribution in [3.05, 3.63) is 59.7 Å². The van der Waals surface area contributed by atoms with Crippen LogP contribution in [-0.2, 0) is 9.47 Å². The Morgan fingerprint density at radius 1 is 0.633 bits per heavy atom. The zero-order chi connectivity index (χ0) is 21.6. The summed E-state index contributed by atoms with van der Waals surface area (Å²) in [5.74, 6) is 0.415. The van der Waals surface area contributed by atoms with Gasteiger partial charge in [-0.05, 0) is 62.4 Å². The zero-order valence-electron chi connectivity index (χ0n) is 17.3. The van der Waals surface area contributed by atoms with Crippen molar-refractivity contribution in [2.75, 3.05) is 39.6 Å². The summed E-state index contributed by atoms with van der Waals surface area (Å²) in [5, 5.41) is 0. The quantitative estimate of drug-likeness (QED) is 0.408. The molecule has 0 atom stereocenters. The van der Waals surface area contributed by atoms with Crippen LogP contribution < -0.4 is 20.3 Å². The molecule has 162 valence electrons. The Labute approximate surface area is 176 Å². The lowest BCUT2D eigenvalue weighted by Crippen LogP contribution is -2.41. The van der Waals surface area contributed by atoms with Gasteiger partial charge in [-0.3, -0.25) is 20.4 Å². The second-order valence-corrected chi connectivity index (χ2v) is 6.05. The number of hydrogen-bond acceptors (Lipinski definition) is 6. The fourth-order valence-corrected chi connectivity index (χ4v) is 2.39. The standard InChI is InChI=1S/C22H28N2O6/c1-3-27-13-15-29-19-9-5-17(6-10-19)21(25)23-24-22(26)18-7-11-20(12-8-18)30-16-14-28-4-2/h5-12H,3-4,13-16H2,1-2H3,(H,23,25)(H,24,26). The Hall–Kier alpha value is -3.10. The molecule has 8 nitrogen and oxygen atoms in total. The van der Waals surface area contributed by atoms with Gasteiger partial charge in [-0.1, -0.05) is 0 Å². The smallest absolute Gasteiger partial charge is 0.269 e. The summed E-state index contributed by atoms with van der Waals surface area (Å²) in [6.07, 6.45) is 0. The van der Waals surface area contributed by atoms with Crippen LogP contribution in [0.5, 0.6) is 11.5 Å². The minimum Gasteiger partial charge on any atom is -0.491 e. The monoisotopic (exact) mass is 416 g/mol. The van der Waals surface area contributed by atoms with Crippen molar-refractivity contribution in [1.29, 1.82) is 0 Å². The fourth-order valence-electron chi connectivity index (χ4n) is 2.39. The Bertz CT molecular complexity index is 710. The number of ether oxygens (including phenoxy) is 4. The maximum absolute atomic E-state index is 12.2. The lowest BCUT2D eigenvalue weighted by molar-refractivity contribution is 0.0846. The predicted molar refractivity (Wildman–Crippen MR) is 112 cm³/mol. The number of carbonyl (C=O) groups excluding carboxylic acids is 2. The molecule has 0 aliphatic heterocycles. The van der Waals surface area contributed by atoms with Gasteiger partial charge in [-0.25, -0.2) is 0 Å². The van der Waals surface area contributed by atoms with E-state index in [1.807, 2.05) is 13.8 Å². The van der Waals surface area contributed by atoms with E-state index in [9.17, 15) is 9.59 Å². The first-order chi connectivity index (χ1) is 14.6. The van der Waals surface area contributed by atoms with Crippen LogP contribution in [-0.4, -0.2) is 51.5 Å². The van der Waals surface area contributed by atoms with Gasteiger partial charge in [0.25, 0.3) is 11.8 Å². The van der Waals surface area contributed by atoms with Crippen LogP contribution in [0.1, 0.15) is 34.6 Å². The largest absolute Gasteiger partial charge is 0.491 e. The molecule has 2 amide bonds. The zero-order valence-corrected chi connectivity index (χ0v) is 17.3. The average Bonchev–Trinajstić information content (AvgIpc) is 2.78. The van der Waals surface area contributed by atoms with Gasteiger partial charge in [-0.15, -0.1) is 0 Å². The maximum Gasteiger partial charge on any atom is 0.269 e. The molecule has 0 saturated heterocycles. The summed E-state index contributed by atoms with van der Waals surface area (Å²) in [6.45, 7) is 7.00. The molecule has 2 aromatic carbocycles. The van der Waals surface area contributed by atoms with Crippen molar-refractivity contribution >= 4 is 11.8 Å². The molecule has 0 aromatic heterocycles. The van der Waals surface area contributed by atoms with E-state index < -0.39 is 11.8 Å². The molecule has 0 spiro atoms. The van der Waals surface area contributed by atoms with Gasteiger partial charge < -0.3 is 18.9 Å². The number of benzene rings is 2. The van der Waals surface area contributed by atoms with Crippen LogP contribution in [0.3, 0.4) is 0 Å². The van der Waals surface area contributed by atoms with Crippen molar-refractivity contribution in [2.24, 2.45) is 0 Å². The van der Waals surface area contributed by atoms with Crippen molar-refractivity contribution in [1.82, 2.24) is 10.9 Å².